The number of morpholine rings is 1. The molecule has 2 aliphatic rings. The van der Waals surface area contributed by atoms with Crippen LogP contribution < -0.4 is 0 Å². The zero-order chi connectivity index (χ0) is 20.4. The molecule has 2 atom stereocenters. The largest absolute Gasteiger partial charge is 0.505 e. The standard InChI is InChI=1S/C22H25FN2O4/c23-18-7-6-16(14-19(18)26)21(27)25-9-8-22(28,17-4-2-1-3-5-17)20(15-25)24-10-12-29-13-11-24/h1-7,14,20,26,28H,8-13,15H2/t20-,22+/m1/s1. The van der Waals surface area contributed by atoms with Gasteiger partial charge in [0.15, 0.2) is 11.6 Å². The summed E-state index contributed by atoms with van der Waals surface area (Å²) in [5.41, 5.74) is -0.0156. The van der Waals surface area contributed by atoms with Crippen molar-refractivity contribution in [1.82, 2.24) is 9.80 Å². The minimum absolute atomic E-state index is 0.231. The molecule has 2 fully saturated rings. The molecule has 0 unspecified atom stereocenters. The number of amides is 1. The third-order valence-corrected chi connectivity index (χ3v) is 5.95. The van der Waals surface area contributed by atoms with Gasteiger partial charge in [0.2, 0.25) is 0 Å². The van der Waals surface area contributed by atoms with Gasteiger partial charge in [-0.05, 0) is 30.2 Å². The first-order valence-corrected chi connectivity index (χ1v) is 9.86. The number of phenolic OH excluding ortho intramolecular Hbond substituents is 1. The Kier molecular flexibility index (Phi) is 5.54. The van der Waals surface area contributed by atoms with E-state index in [9.17, 15) is 19.4 Å². The number of carbonyl (C=O) groups is 1. The number of ether oxygens (including phenoxy) is 1. The Morgan fingerprint density at radius 1 is 1.10 bits per heavy atom. The number of phenols is 1. The average Bonchev–Trinajstić information content (AvgIpc) is 2.77. The Hall–Kier alpha value is -2.48. The monoisotopic (exact) mass is 400 g/mol. The SMILES string of the molecule is O=C(c1ccc(F)c(O)c1)N1CC[C@](O)(c2ccccc2)[C@H](N2CCOCC2)C1. The summed E-state index contributed by atoms with van der Waals surface area (Å²) in [6.45, 7) is 3.23. The number of nitrogens with zero attached hydrogens (tertiary/aromatic N) is 2. The van der Waals surface area contributed by atoms with Crippen LogP contribution in [0.1, 0.15) is 22.3 Å². The second-order valence-corrected chi connectivity index (χ2v) is 7.62. The molecule has 2 heterocycles. The van der Waals surface area contributed by atoms with E-state index >= 15 is 0 Å². The van der Waals surface area contributed by atoms with E-state index in [1.165, 1.54) is 6.07 Å². The Morgan fingerprint density at radius 3 is 2.52 bits per heavy atom. The van der Waals surface area contributed by atoms with Gasteiger partial charge in [-0.3, -0.25) is 9.69 Å². The fraction of sp³-hybridized carbons (Fsp3) is 0.409. The Morgan fingerprint density at radius 2 is 1.83 bits per heavy atom. The van der Waals surface area contributed by atoms with Crippen molar-refractivity contribution in [3.05, 3.63) is 65.5 Å². The van der Waals surface area contributed by atoms with Crippen LogP contribution in [-0.2, 0) is 10.3 Å². The van der Waals surface area contributed by atoms with Crippen molar-refractivity contribution >= 4 is 5.91 Å². The molecule has 4 rings (SSSR count). The maximum absolute atomic E-state index is 13.4. The second kappa shape index (κ2) is 8.10. The van der Waals surface area contributed by atoms with Gasteiger partial charge in [-0.2, -0.15) is 0 Å². The third kappa shape index (κ3) is 3.85. The number of carbonyl (C=O) groups excluding carboxylic acids is 1. The van der Waals surface area contributed by atoms with Crippen molar-refractivity contribution in [2.75, 3.05) is 39.4 Å². The fourth-order valence-corrected chi connectivity index (χ4v) is 4.31. The van der Waals surface area contributed by atoms with E-state index in [0.717, 1.165) is 17.7 Å². The van der Waals surface area contributed by atoms with Gasteiger partial charge in [-0.15, -0.1) is 0 Å². The molecule has 0 aromatic heterocycles. The molecule has 0 aliphatic carbocycles. The predicted molar refractivity (Wildman–Crippen MR) is 105 cm³/mol. The summed E-state index contributed by atoms with van der Waals surface area (Å²) in [6.07, 6.45) is 0.387. The lowest BCUT2D eigenvalue weighted by atomic mass is 9.79. The summed E-state index contributed by atoms with van der Waals surface area (Å²) < 4.78 is 18.8. The summed E-state index contributed by atoms with van der Waals surface area (Å²) in [6, 6.07) is 12.9. The van der Waals surface area contributed by atoms with Gasteiger partial charge in [0.25, 0.3) is 5.91 Å². The number of aromatic hydroxyl groups is 1. The number of hydrogen-bond acceptors (Lipinski definition) is 5. The van der Waals surface area contributed by atoms with Crippen LogP contribution in [0.25, 0.3) is 0 Å². The quantitative estimate of drug-likeness (QED) is 0.824. The van der Waals surface area contributed by atoms with Crippen molar-refractivity contribution < 1.29 is 24.1 Å². The van der Waals surface area contributed by atoms with Crippen molar-refractivity contribution in [3.63, 3.8) is 0 Å². The highest BCUT2D eigenvalue weighted by molar-refractivity contribution is 5.94. The van der Waals surface area contributed by atoms with Gasteiger partial charge in [-0.1, -0.05) is 30.3 Å². The summed E-state index contributed by atoms with van der Waals surface area (Å²) in [5.74, 6) is -1.59. The van der Waals surface area contributed by atoms with E-state index in [1.54, 1.807) is 4.90 Å². The number of aliphatic hydroxyl groups is 1. The molecular weight excluding hydrogens is 375 g/mol. The van der Waals surface area contributed by atoms with Crippen LogP contribution in [-0.4, -0.2) is 71.4 Å². The van der Waals surface area contributed by atoms with Crippen LogP contribution in [0.5, 0.6) is 5.75 Å². The molecule has 7 heteroatoms. The molecule has 1 amide bonds. The van der Waals surface area contributed by atoms with E-state index in [-0.39, 0.29) is 17.5 Å². The third-order valence-electron chi connectivity index (χ3n) is 5.95. The minimum Gasteiger partial charge on any atom is -0.505 e. The molecule has 2 aliphatic heterocycles. The summed E-state index contributed by atoms with van der Waals surface area (Å²) >= 11 is 0. The Bertz CT molecular complexity index is 872. The first-order valence-electron chi connectivity index (χ1n) is 9.86. The van der Waals surface area contributed by atoms with Gasteiger partial charge in [0.1, 0.15) is 5.60 Å². The molecule has 0 radical (unpaired) electrons. The van der Waals surface area contributed by atoms with E-state index in [2.05, 4.69) is 4.90 Å². The smallest absolute Gasteiger partial charge is 0.254 e. The molecule has 6 nitrogen and oxygen atoms in total. The topological polar surface area (TPSA) is 73.2 Å². The van der Waals surface area contributed by atoms with E-state index in [1.807, 2.05) is 30.3 Å². The number of halogens is 1. The molecule has 154 valence electrons. The van der Waals surface area contributed by atoms with Crippen LogP contribution >= 0.6 is 0 Å². The van der Waals surface area contributed by atoms with E-state index in [4.69, 9.17) is 4.74 Å². The lowest BCUT2D eigenvalue weighted by Crippen LogP contribution is -2.63. The molecule has 2 N–H and O–H groups in total. The Labute approximate surface area is 169 Å². The van der Waals surface area contributed by atoms with Crippen molar-refractivity contribution in [3.8, 4) is 5.75 Å². The predicted octanol–water partition coefficient (Wildman–Crippen LogP) is 1.97. The summed E-state index contributed by atoms with van der Waals surface area (Å²) in [7, 11) is 0. The number of likely N-dealkylation sites (tertiary alicyclic amines) is 1. The van der Waals surface area contributed by atoms with Gasteiger partial charge in [0.05, 0.1) is 19.3 Å². The lowest BCUT2D eigenvalue weighted by molar-refractivity contribution is -0.112. The van der Waals surface area contributed by atoms with E-state index < -0.39 is 17.2 Å². The molecule has 2 aromatic rings. The number of hydrogen-bond donors (Lipinski definition) is 2. The minimum atomic E-state index is -1.08. The lowest BCUT2D eigenvalue weighted by Gasteiger charge is -2.50. The molecular formula is C22H25FN2O4. The number of piperidine rings is 1. The fourth-order valence-electron chi connectivity index (χ4n) is 4.31. The maximum atomic E-state index is 13.4. The van der Waals surface area contributed by atoms with Gasteiger partial charge in [-0.25, -0.2) is 4.39 Å². The normalized spacial score (nSPS) is 25.7. The molecule has 0 saturated carbocycles. The highest BCUT2D eigenvalue weighted by Crippen LogP contribution is 2.37. The van der Waals surface area contributed by atoms with Crippen LogP contribution in [0.2, 0.25) is 0 Å². The first-order chi connectivity index (χ1) is 14.0. The van der Waals surface area contributed by atoms with Gasteiger partial charge in [0, 0.05) is 31.7 Å². The van der Waals surface area contributed by atoms with Crippen LogP contribution in [0.4, 0.5) is 4.39 Å². The van der Waals surface area contributed by atoms with Crippen LogP contribution in [0, 0.1) is 5.82 Å². The van der Waals surface area contributed by atoms with Crippen molar-refractivity contribution in [2.45, 2.75) is 18.1 Å². The zero-order valence-electron chi connectivity index (χ0n) is 16.1. The molecule has 0 bridgehead atoms. The average molecular weight is 400 g/mol. The highest BCUT2D eigenvalue weighted by Gasteiger charge is 2.47. The number of rotatable bonds is 3. The van der Waals surface area contributed by atoms with Gasteiger partial charge >= 0.3 is 0 Å². The van der Waals surface area contributed by atoms with Gasteiger partial charge < -0.3 is 19.8 Å². The summed E-state index contributed by atoms with van der Waals surface area (Å²) in [4.78, 5) is 16.9. The highest BCUT2D eigenvalue weighted by atomic mass is 19.1. The van der Waals surface area contributed by atoms with Crippen LogP contribution in [0.15, 0.2) is 48.5 Å². The van der Waals surface area contributed by atoms with Crippen molar-refractivity contribution in [1.29, 1.82) is 0 Å². The number of benzene rings is 2. The maximum Gasteiger partial charge on any atom is 0.254 e. The summed E-state index contributed by atoms with van der Waals surface area (Å²) in [5, 5.41) is 21.3. The first kappa shape index (κ1) is 19.8. The molecule has 0 spiro atoms. The molecule has 2 saturated heterocycles. The van der Waals surface area contributed by atoms with Crippen LogP contribution in [0.3, 0.4) is 0 Å². The zero-order valence-corrected chi connectivity index (χ0v) is 16.1. The van der Waals surface area contributed by atoms with Crippen molar-refractivity contribution in [2.24, 2.45) is 0 Å². The Balaban J connectivity index is 1.62. The second-order valence-electron chi connectivity index (χ2n) is 7.62. The molecule has 2 aromatic carbocycles. The molecule has 29 heavy (non-hydrogen) atoms. The van der Waals surface area contributed by atoms with E-state index in [0.29, 0.717) is 45.8 Å².